The van der Waals surface area contributed by atoms with Crippen LogP contribution in [0, 0.1) is 17.8 Å². The second kappa shape index (κ2) is 7.76. The van der Waals surface area contributed by atoms with Crippen LogP contribution in [0.5, 0.6) is 0 Å². The van der Waals surface area contributed by atoms with E-state index in [-0.39, 0.29) is 41.0 Å². The zero-order chi connectivity index (χ0) is 21.7. The molecule has 0 aromatic rings. The molecule has 0 aromatic heterocycles. The van der Waals surface area contributed by atoms with Crippen LogP contribution in [0.3, 0.4) is 0 Å². The smallest absolute Gasteiger partial charge is 0.244 e. The second-order valence-corrected chi connectivity index (χ2v) is 11.6. The van der Waals surface area contributed by atoms with Gasteiger partial charge in [0.15, 0.2) is 0 Å². The zero-order valence-electron chi connectivity index (χ0n) is 18.3. The van der Waals surface area contributed by atoms with Crippen molar-refractivity contribution in [2.75, 3.05) is 13.7 Å². The number of hydrogen-bond acceptors (Lipinski definition) is 5. The highest BCUT2D eigenvalue weighted by molar-refractivity contribution is 8.02. The largest absolute Gasteiger partial charge is 0.394 e. The minimum atomic E-state index is -0.667. The van der Waals surface area contributed by atoms with E-state index < -0.39 is 28.7 Å². The highest BCUT2D eigenvalue weighted by Gasteiger charge is 2.77. The monoisotopic (exact) mass is 425 g/mol. The third-order valence-corrected chi connectivity index (χ3v) is 8.76. The van der Waals surface area contributed by atoms with Crippen LogP contribution in [0.2, 0.25) is 0 Å². The number of rotatable bonds is 7. The van der Waals surface area contributed by atoms with Crippen molar-refractivity contribution >= 4 is 29.5 Å². The average molecular weight is 426 g/mol. The molecule has 1 spiro atoms. The summed E-state index contributed by atoms with van der Waals surface area (Å²) in [5.74, 6) is -1.19. The lowest BCUT2D eigenvalue weighted by Gasteiger charge is -2.38. The molecule has 0 saturated carbocycles. The van der Waals surface area contributed by atoms with E-state index in [1.54, 1.807) is 23.7 Å². The molecule has 3 heterocycles. The molecule has 164 valence electrons. The summed E-state index contributed by atoms with van der Waals surface area (Å²) in [6.07, 6.45) is 2.14. The Morgan fingerprint density at radius 3 is 2.41 bits per heavy atom. The van der Waals surface area contributed by atoms with Gasteiger partial charge in [-0.2, -0.15) is 0 Å². The van der Waals surface area contributed by atoms with E-state index in [1.165, 1.54) is 0 Å². The number of fused-ring (bicyclic) bond motifs is 1. The van der Waals surface area contributed by atoms with Crippen molar-refractivity contribution in [2.24, 2.45) is 17.8 Å². The van der Waals surface area contributed by atoms with Gasteiger partial charge in [0.2, 0.25) is 17.7 Å². The van der Waals surface area contributed by atoms with Crippen LogP contribution < -0.4 is 10.6 Å². The maximum atomic E-state index is 13.8. The van der Waals surface area contributed by atoms with E-state index >= 15 is 0 Å². The van der Waals surface area contributed by atoms with E-state index in [0.29, 0.717) is 6.42 Å². The summed E-state index contributed by atoms with van der Waals surface area (Å²) < 4.78 is -0.970. The van der Waals surface area contributed by atoms with Gasteiger partial charge in [-0.1, -0.05) is 13.8 Å². The molecule has 3 N–H and O–H groups in total. The van der Waals surface area contributed by atoms with E-state index in [0.717, 1.165) is 12.8 Å². The van der Waals surface area contributed by atoms with Crippen LogP contribution in [-0.2, 0) is 14.4 Å². The van der Waals surface area contributed by atoms with E-state index in [9.17, 15) is 19.5 Å². The Hall–Kier alpha value is -1.28. The fourth-order valence-electron chi connectivity index (χ4n) is 5.80. The summed E-state index contributed by atoms with van der Waals surface area (Å²) in [6, 6.07) is -1.15. The second-order valence-electron chi connectivity index (χ2n) is 9.72. The van der Waals surface area contributed by atoms with Crippen LogP contribution in [0.15, 0.2) is 0 Å². The summed E-state index contributed by atoms with van der Waals surface area (Å²) in [5.41, 5.74) is 0. The maximum absolute atomic E-state index is 13.8. The number of amides is 3. The lowest BCUT2D eigenvalue weighted by atomic mass is 9.66. The number of nitrogens with one attached hydrogen (secondary N) is 2. The van der Waals surface area contributed by atoms with Crippen LogP contribution >= 0.6 is 11.8 Å². The number of aliphatic hydroxyl groups excluding tert-OH is 1. The van der Waals surface area contributed by atoms with E-state index in [1.807, 2.05) is 27.7 Å². The molecular formula is C21H35N3O4S. The molecule has 3 aliphatic heterocycles. The van der Waals surface area contributed by atoms with Crippen molar-refractivity contribution in [3.63, 3.8) is 0 Å². The number of hydrogen-bond donors (Lipinski definition) is 3. The van der Waals surface area contributed by atoms with Gasteiger partial charge in [0, 0.05) is 17.8 Å². The zero-order valence-corrected chi connectivity index (χ0v) is 19.1. The Balaban J connectivity index is 2.10. The number of aliphatic hydroxyl groups is 1. The molecule has 3 rings (SSSR count). The first kappa shape index (κ1) is 22.4. The topological polar surface area (TPSA) is 98.7 Å². The Labute approximate surface area is 177 Å². The minimum Gasteiger partial charge on any atom is -0.394 e. The molecule has 3 saturated heterocycles. The Kier molecular flexibility index (Phi) is 6.00. The normalized spacial score (nSPS) is 36.7. The Bertz CT molecular complexity index is 699. The molecule has 7 nitrogen and oxygen atoms in total. The van der Waals surface area contributed by atoms with Gasteiger partial charge < -0.3 is 20.6 Å². The molecule has 2 bridgehead atoms. The van der Waals surface area contributed by atoms with Crippen LogP contribution in [0.4, 0.5) is 0 Å². The van der Waals surface area contributed by atoms with E-state index in [2.05, 4.69) is 17.6 Å². The summed E-state index contributed by atoms with van der Waals surface area (Å²) in [7, 11) is 1.60. The van der Waals surface area contributed by atoms with Gasteiger partial charge in [-0.15, -0.1) is 11.8 Å². The quantitative estimate of drug-likeness (QED) is 0.568. The molecule has 6 atom stereocenters. The van der Waals surface area contributed by atoms with Crippen molar-refractivity contribution in [1.29, 1.82) is 0 Å². The van der Waals surface area contributed by atoms with Gasteiger partial charge in [-0.25, -0.2) is 0 Å². The van der Waals surface area contributed by atoms with Crippen LogP contribution in [-0.4, -0.2) is 69.0 Å². The fourth-order valence-corrected chi connectivity index (χ4v) is 8.14. The number of carbonyl (C=O) groups is 3. The van der Waals surface area contributed by atoms with Gasteiger partial charge in [0.25, 0.3) is 0 Å². The Morgan fingerprint density at radius 1 is 1.24 bits per heavy atom. The molecule has 8 heteroatoms. The van der Waals surface area contributed by atoms with Crippen molar-refractivity contribution < 1.29 is 19.5 Å². The number of nitrogens with zero attached hydrogens (tertiary/aromatic N) is 1. The molecule has 0 aromatic carbocycles. The average Bonchev–Trinajstić information content (AvgIpc) is 3.19. The van der Waals surface area contributed by atoms with E-state index in [4.69, 9.17) is 0 Å². The standard InChI is InChI=1S/C21H35N3O4S/c1-11(2)9-13(10-25)24-16(18(27)23-12(3)4)21-8-7-20(5,29-21)14(17(26)22-6)15(21)19(24)28/h11-16,25H,7-10H2,1-6H3,(H,22,26)(H,23,27)/t13-,14-,15+,16?,20+,21?/m1/s1. The number of carbonyl (C=O) groups excluding carboxylic acids is 3. The molecular weight excluding hydrogens is 390 g/mol. The lowest BCUT2D eigenvalue weighted by molar-refractivity contribution is -0.143. The fraction of sp³-hybridized carbons (Fsp3) is 0.857. The third-order valence-electron chi connectivity index (χ3n) is 6.77. The third kappa shape index (κ3) is 3.36. The maximum Gasteiger partial charge on any atom is 0.244 e. The summed E-state index contributed by atoms with van der Waals surface area (Å²) in [4.78, 5) is 41.6. The SMILES string of the molecule is CNC(=O)[C@H]1[C@H]2C(=O)N([C@@H](CO)CC(C)C)C(C(=O)NC(C)C)C23CC[C@]1(C)S3. The summed E-state index contributed by atoms with van der Waals surface area (Å²) >= 11 is 1.66. The highest BCUT2D eigenvalue weighted by Crippen LogP contribution is 2.71. The first-order valence-electron chi connectivity index (χ1n) is 10.7. The first-order chi connectivity index (χ1) is 13.5. The van der Waals surface area contributed by atoms with Gasteiger partial charge in [-0.3, -0.25) is 14.4 Å². The van der Waals surface area contributed by atoms with Gasteiger partial charge in [-0.05, 0) is 46.0 Å². The molecule has 3 amide bonds. The van der Waals surface area contributed by atoms with Crippen molar-refractivity contribution in [3.05, 3.63) is 0 Å². The molecule has 2 unspecified atom stereocenters. The van der Waals surface area contributed by atoms with Gasteiger partial charge >= 0.3 is 0 Å². The summed E-state index contributed by atoms with van der Waals surface area (Å²) in [6.45, 7) is 9.75. The molecule has 3 fully saturated rings. The molecule has 3 aliphatic rings. The lowest BCUT2D eigenvalue weighted by Crippen LogP contribution is -2.57. The molecule has 29 heavy (non-hydrogen) atoms. The van der Waals surface area contributed by atoms with Crippen molar-refractivity contribution in [2.45, 2.75) is 81.5 Å². The predicted octanol–water partition coefficient (Wildman–Crippen LogP) is 1.15. The summed E-state index contributed by atoms with van der Waals surface area (Å²) in [5, 5.41) is 15.9. The molecule has 0 radical (unpaired) electrons. The minimum absolute atomic E-state index is 0.0542. The predicted molar refractivity (Wildman–Crippen MR) is 113 cm³/mol. The Morgan fingerprint density at radius 2 is 1.90 bits per heavy atom. The number of thioether (sulfide) groups is 1. The molecule has 0 aliphatic carbocycles. The van der Waals surface area contributed by atoms with Gasteiger partial charge in [0.1, 0.15) is 6.04 Å². The van der Waals surface area contributed by atoms with Crippen LogP contribution in [0.25, 0.3) is 0 Å². The van der Waals surface area contributed by atoms with Gasteiger partial charge in [0.05, 0.1) is 29.2 Å². The highest BCUT2D eigenvalue weighted by atomic mass is 32.2. The van der Waals surface area contributed by atoms with Crippen LogP contribution in [0.1, 0.15) is 53.9 Å². The first-order valence-corrected chi connectivity index (χ1v) is 11.5. The number of likely N-dealkylation sites (tertiary alicyclic amines) is 1. The van der Waals surface area contributed by atoms with Crippen molar-refractivity contribution in [1.82, 2.24) is 15.5 Å². The van der Waals surface area contributed by atoms with Crippen molar-refractivity contribution in [3.8, 4) is 0 Å².